The molecule has 0 fully saturated rings. The number of pyridine rings is 1. The molecule has 1 atom stereocenters. The lowest BCUT2D eigenvalue weighted by atomic mass is 10.0. The fourth-order valence-corrected chi connectivity index (χ4v) is 2.92. The van der Waals surface area contributed by atoms with Gasteiger partial charge in [0.1, 0.15) is 5.75 Å². The molecule has 0 aliphatic rings. The Hall–Kier alpha value is -0.740. The molecule has 20 heavy (non-hydrogen) atoms. The van der Waals surface area contributed by atoms with E-state index in [-0.39, 0.29) is 0 Å². The number of hydrogen-bond donors (Lipinski definition) is 1. The number of nitrogens with zero attached hydrogens (tertiary/aromatic N) is 1. The highest BCUT2D eigenvalue weighted by molar-refractivity contribution is 7.98. The monoisotopic (exact) mass is 296 g/mol. The van der Waals surface area contributed by atoms with E-state index in [9.17, 15) is 0 Å². The van der Waals surface area contributed by atoms with Crippen molar-refractivity contribution >= 4 is 11.8 Å². The summed E-state index contributed by atoms with van der Waals surface area (Å²) in [5, 5.41) is 3.64. The van der Waals surface area contributed by atoms with Crippen LogP contribution < -0.4 is 10.1 Å². The van der Waals surface area contributed by atoms with E-state index in [2.05, 4.69) is 30.4 Å². The van der Waals surface area contributed by atoms with E-state index >= 15 is 0 Å². The van der Waals surface area contributed by atoms with Gasteiger partial charge in [-0.1, -0.05) is 6.92 Å². The first kappa shape index (κ1) is 17.3. The van der Waals surface area contributed by atoms with Gasteiger partial charge >= 0.3 is 0 Å². The molecule has 1 aromatic rings. The molecule has 0 saturated heterocycles. The molecule has 0 bridgehead atoms. The quantitative estimate of drug-likeness (QED) is 0.757. The minimum Gasteiger partial charge on any atom is -0.496 e. The summed E-state index contributed by atoms with van der Waals surface area (Å²) in [4.78, 5) is 4.62. The summed E-state index contributed by atoms with van der Waals surface area (Å²) in [5.74, 6) is 2.16. The van der Waals surface area contributed by atoms with Gasteiger partial charge in [-0.15, -0.1) is 0 Å². The predicted octanol–water partition coefficient (Wildman–Crippen LogP) is 3.37. The Kier molecular flexibility index (Phi) is 8.00. The largest absolute Gasteiger partial charge is 0.496 e. The number of thioether (sulfide) groups is 1. The summed E-state index contributed by atoms with van der Waals surface area (Å²) in [6, 6.07) is 0.501. The Bertz CT molecular complexity index is 402. The van der Waals surface area contributed by atoms with Crippen molar-refractivity contribution in [3.63, 3.8) is 0 Å². The third-order valence-electron chi connectivity index (χ3n) is 3.54. The fraction of sp³-hybridized carbons (Fsp3) is 0.688. The van der Waals surface area contributed by atoms with Gasteiger partial charge in [0.25, 0.3) is 0 Å². The van der Waals surface area contributed by atoms with Crippen LogP contribution in [0.5, 0.6) is 5.75 Å². The smallest absolute Gasteiger partial charge is 0.128 e. The average molecular weight is 296 g/mol. The van der Waals surface area contributed by atoms with Crippen molar-refractivity contribution in [3.05, 3.63) is 23.0 Å². The van der Waals surface area contributed by atoms with Crippen LogP contribution in [0.4, 0.5) is 0 Å². The molecule has 0 radical (unpaired) electrons. The zero-order valence-electron chi connectivity index (χ0n) is 13.5. The van der Waals surface area contributed by atoms with Gasteiger partial charge in [0.05, 0.1) is 7.11 Å². The van der Waals surface area contributed by atoms with Crippen LogP contribution in [0.3, 0.4) is 0 Å². The van der Waals surface area contributed by atoms with Crippen LogP contribution in [0.15, 0.2) is 6.20 Å². The maximum absolute atomic E-state index is 5.50. The van der Waals surface area contributed by atoms with Crippen molar-refractivity contribution in [2.75, 3.05) is 25.7 Å². The van der Waals surface area contributed by atoms with Crippen LogP contribution in [0.2, 0.25) is 0 Å². The van der Waals surface area contributed by atoms with Crippen LogP contribution >= 0.6 is 11.8 Å². The first-order valence-electron chi connectivity index (χ1n) is 7.35. The maximum Gasteiger partial charge on any atom is 0.128 e. The second-order valence-electron chi connectivity index (χ2n) is 5.18. The van der Waals surface area contributed by atoms with Gasteiger partial charge in [-0.2, -0.15) is 11.8 Å². The Balaban J connectivity index is 2.81. The van der Waals surface area contributed by atoms with Crippen molar-refractivity contribution in [1.82, 2.24) is 10.3 Å². The molecule has 0 amide bonds. The van der Waals surface area contributed by atoms with E-state index < -0.39 is 0 Å². The molecule has 114 valence electrons. The van der Waals surface area contributed by atoms with E-state index in [4.69, 9.17) is 4.74 Å². The minimum atomic E-state index is 0.501. The van der Waals surface area contributed by atoms with E-state index in [0.29, 0.717) is 6.04 Å². The SMILES string of the molecule is CCCNC(CCSC)Cc1ncc(C)c(OC)c1C. The number of rotatable bonds is 9. The lowest BCUT2D eigenvalue weighted by Gasteiger charge is -2.20. The number of methoxy groups -OCH3 is 1. The van der Waals surface area contributed by atoms with Gasteiger partial charge < -0.3 is 10.1 Å². The molecule has 4 heteroatoms. The third-order valence-corrected chi connectivity index (χ3v) is 4.19. The van der Waals surface area contributed by atoms with E-state index in [1.54, 1.807) is 7.11 Å². The first-order chi connectivity index (χ1) is 9.63. The normalized spacial score (nSPS) is 12.4. The molecule has 3 nitrogen and oxygen atoms in total. The van der Waals surface area contributed by atoms with Gasteiger partial charge in [0, 0.05) is 35.5 Å². The Labute approximate surface area is 127 Å². The molecular weight excluding hydrogens is 268 g/mol. The van der Waals surface area contributed by atoms with Crippen molar-refractivity contribution in [1.29, 1.82) is 0 Å². The molecule has 1 heterocycles. The van der Waals surface area contributed by atoms with E-state index in [1.807, 2.05) is 24.9 Å². The average Bonchev–Trinajstić information content (AvgIpc) is 2.45. The lowest BCUT2D eigenvalue weighted by Crippen LogP contribution is -2.33. The lowest BCUT2D eigenvalue weighted by molar-refractivity contribution is 0.405. The van der Waals surface area contributed by atoms with E-state index in [0.717, 1.165) is 30.0 Å². The molecule has 1 aromatic heterocycles. The van der Waals surface area contributed by atoms with Crippen LogP contribution in [-0.4, -0.2) is 36.7 Å². The second-order valence-corrected chi connectivity index (χ2v) is 6.17. The third kappa shape index (κ3) is 4.98. The molecule has 0 aromatic carbocycles. The highest BCUT2D eigenvalue weighted by Crippen LogP contribution is 2.25. The highest BCUT2D eigenvalue weighted by Gasteiger charge is 2.14. The van der Waals surface area contributed by atoms with Crippen LogP contribution in [-0.2, 0) is 6.42 Å². The maximum atomic E-state index is 5.50. The fourth-order valence-electron chi connectivity index (χ4n) is 2.40. The minimum absolute atomic E-state index is 0.501. The van der Waals surface area contributed by atoms with Gasteiger partial charge in [0.2, 0.25) is 0 Å². The number of nitrogens with one attached hydrogen (secondary N) is 1. The number of aromatic nitrogens is 1. The van der Waals surface area contributed by atoms with Crippen molar-refractivity contribution < 1.29 is 4.74 Å². The standard InChI is InChI=1S/C16H28N2OS/c1-6-8-17-14(7-9-20-5)10-15-13(3)16(19-4)12(2)11-18-15/h11,14,17H,6-10H2,1-5H3. The van der Waals surface area contributed by atoms with Crippen LogP contribution in [0.25, 0.3) is 0 Å². The molecule has 1 rings (SSSR count). The highest BCUT2D eigenvalue weighted by atomic mass is 32.2. The van der Waals surface area contributed by atoms with Gasteiger partial charge in [0.15, 0.2) is 0 Å². The number of hydrogen-bond acceptors (Lipinski definition) is 4. The topological polar surface area (TPSA) is 34.2 Å². The predicted molar refractivity (Wildman–Crippen MR) is 89.0 cm³/mol. The molecule has 0 aliphatic heterocycles. The van der Waals surface area contributed by atoms with Crippen LogP contribution in [0.1, 0.15) is 36.6 Å². The summed E-state index contributed by atoms with van der Waals surface area (Å²) in [5.41, 5.74) is 3.44. The molecule has 1 N–H and O–H groups in total. The summed E-state index contributed by atoms with van der Waals surface area (Å²) >= 11 is 1.90. The second kappa shape index (κ2) is 9.24. The van der Waals surface area contributed by atoms with Gasteiger partial charge in [-0.25, -0.2) is 0 Å². The number of aryl methyl sites for hydroxylation is 1. The van der Waals surface area contributed by atoms with Crippen molar-refractivity contribution in [2.24, 2.45) is 0 Å². The summed E-state index contributed by atoms with van der Waals surface area (Å²) < 4.78 is 5.50. The number of ether oxygens (including phenoxy) is 1. The van der Waals surface area contributed by atoms with Gasteiger partial charge in [-0.05, 0) is 45.2 Å². The summed E-state index contributed by atoms with van der Waals surface area (Å²) in [6.07, 6.45) is 7.41. The molecule has 0 aliphatic carbocycles. The van der Waals surface area contributed by atoms with Crippen molar-refractivity contribution in [3.8, 4) is 5.75 Å². The molecule has 1 unspecified atom stereocenters. The van der Waals surface area contributed by atoms with Crippen molar-refractivity contribution in [2.45, 2.75) is 46.1 Å². The zero-order valence-corrected chi connectivity index (χ0v) is 14.3. The Morgan fingerprint density at radius 1 is 1.40 bits per heavy atom. The van der Waals surface area contributed by atoms with Gasteiger partial charge in [-0.3, -0.25) is 4.98 Å². The Morgan fingerprint density at radius 2 is 2.15 bits per heavy atom. The molecule has 0 saturated carbocycles. The summed E-state index contributed by atoms with van der Waals surface area (Å²) in [6.45, 7) is 7.43. The van der Waals surface area contributed by atoms with Crippen LogP contribution in [0, 0.1) is 13.8 Å². The Morgan fingerprint density at radius 3 is 2.75 bits per heavy atom. The zero-order chi connectivity index (χ0) is 15.0. The first-order valence-corrected chi connectivity index (χ1v) is 8.74. The summed E-state index contributed by atoms with van der Waals surface area (Å²) in [7, 11) is 1.74. The molecular formula is C16H28N2OS. The van der Waals surface area contributed by atoms with E-state index in [1.165, 1.54) is 24.2 Å². The molecule has 0 spiro atoms.